The molecule has 1 heterocycles. The Kier molecular flexibility index (Phi) is 4.04. The first-order chi connectivity index (χ1) is 8.58. The number of aryl methyl sites for hydroxylation is 1. The van der Waals surface area contributed by atoms with Crippen molar-refractivity contribution in [3.05, 3.63) is 57.6 Å². The molecule has 0 aliphatic rings. The molecule has 0 fully saturated rings. The van der Waals surface area contributed by atoms with Gasteiger partial charge in [0.15, 0.2) is 11.6 Å². The zero-order valence-electron chi connectivity index (χ0n) is 9.58. The maximum Gasteiger partial charge on any atom is 0.167 e. The maximum absolute atomic E-state index is 13.7. The van der Waals surface area contributed by atoms with E-state index in [4.69, 9.17) is 27.9 Å². The Morgan fingerprint density at radius 1 is 1.22 bits per heavy atom. The van der Waals surface area contributed by atoms with Gasteiger partial charge in [-0.05, 0) is 30.7 Å². The maximum atomic E-state index is 13.7. The number of aromatic nitrogens is 1. The highest BCUT2D eigenvalue weighted by Gasteiger charge is 2.08. The normalized spacial score (nSPS) is 10.4. The van der Waals surface area contributed by atoms with Gasteiger partial charge in [-0.25, -0.2) is 9.37 Å². The summed E-state index contributed by atoms with van der Waals surface area (Å²) >= 11 is 11.7. The average molecular weight is 286 g/mol. The SMILES string of the molecule is Cc1cccc(OCc2nc(Cl)ccc2Cl)c1F. The first kappa shape index (κ1) is 13.1. The predicted molar refractivity (Wildman–Crippen MR) is 69.7 cm³/mol. The molecule has 2 aromatic rings. The van der Waals surface area contributed by atoms with Crippen molar-refractivity contribution in [3.8, 4) is 5.75 Å². The molecule has 0 saturated carbocycles. The highest BCUT2D eigenvalue weighted by molar-refractivity contribution is 6.32. The molecule has 18 heavy (non-hydrogen) atoms. The van der Waals surface area contributed by atoms with Crippen LogP contribution in [0, 0.1) is 12.7 Å². The molecular formula is C13H10Cl2FNO. The molecule has 0 amide bonds. The number of nitrogens with zero attached hydrogens (tertiary/aromatic N) is 1. The summed E-state index contributed by atoms with van der Waals surface area (Å²) in [5.74, 6) is -0.205. The lowest BCUT2D eigenvalue weighted by molar-refractivity contribution is 0.285. The van der Waals surface area contributed by atoms with Crippen LogP contribution in [0.15, 0.2) is 30.3 Å². The Morgan fingerprint density at radius 3 is 2.78 bits per heavy atom. The predicted octanol–water partition coefficient (Wildman–Crippen LogP) is 4.41. The number of benzene rings is 1. The standard InChI is InChI=1S/C13H10Cl2FNO/c1-8-3-2-4-11(13(8)16)18-7-10-9(14)5-6-12(15)17-10/h2-6H,7H2,1H3. The van der Waals surface area contributed by atoms with Crippen LogP contribution in [0.5, 0.6) is 5.75 Å². The fraction of sp³-hybridized carbons (Fsp3) is 0.154. The van der Waals surface area contributed by atoms with Gasteiger partial charge >= 0.3 is 0 Å². The fourth-order valence-electron chi connectivity index (χ4n) is 1.44. The molecule has 94 valence electrons. The van der Waals surface area contributed by atoms with E-state index in [1.807, 2.05) is 0 Å². The van der Waals surface area contributed by atoms with Gasteiger partial charge < -0.3 is 4.74 Å². The van der Waals surface area contributed by atoms with Gasteiger partial charge in [0.25, 0.3) is 0 Å². The summed E-state index contributed by atoms with van der Waals surface area (Å²) in [6.07, 6.45) is 0. The largest absolute Gasteiger partial charge is 0.484 e. The van der Waals surface area contributed by atoms with Gasteiger partial charge in [0, 0.05) is 0 Å². The zero-order valence-corrected chi connectivity index (χ0v) is 11.1. The minimum absolute atomic E-state index is 0.0692. The summed E-state index contributed by atoms with van der Waals surface area (Å²) in [5.41, 5.74) is 1.00. The summed E-state index contributed by atoms with van der Waals surface area (Å²) in [6.45, 7) is 1.74. The fourth-order valence-corrected chi connectivity index (χ4v) is 1.76. The van der Waals surface area contributed by atoms with Crippen LogP contribution in [0.1, 0.15) is 11.3 Å². The Balaban J connectivity index is 2.16. The summed E-state index contributed by atoms with van der Waals surface area (Å²) in [6, 6.07) is 8.16. The van der Waals surface area contributed by atoms with Crippen molar-refractivity contribution < 1.29 is 9.13 Å². The highest BCUT2D eigenvalue weighted by Crippen LogP contribution is 2.23. The number of hydrogen-bond acceptors (Lipinski definition) is 2. The van der Waals surface area contributed by atoms with Gasteiger partial charge in [-0.15, -0.1) is 0 Å². The Labute approximate surface area is 114 Å². The molecule has 0 saturated heterocycles. The second-order valence-corrected chi connectivity index (χ2v) is 4.53. The van der Waals surface area contributed by atoms with Gasteiger partial charge in [0.1, 0.15) is 11.8 Å². The van der Waals surface area contributed by atoms with Crippen LogP contribution in [0.4, 0.5) is 4.39 Å². The van der Waals surface area contributed by atoms with E-state index < -0.39 is 0 Å². The Bertz CT molecular complexity index is 573. The van der Waals surface area contributed by atoms with Crippen LogP contribution < -0.4 is 4.74 Å². The van der Waals surface area contributed by atoms with Crippen molar-refractivity contribution >= 4 is 23.2 Å². The lowest BCUT2D eigenvalue weighted by atomic mass is 10.2. The third-order valence-electron chi connectivity index (χ3n) is 2.41. The molecule has 0 unspecified atom stereocenters. The molecule has 2 nitrogen and oxygen atoms in total. The first-order valence-corrected chi connectivity index (χ1v) is 6.02. The quantitative estimate of drug-likeness (QED) is 0.779. The summed E-state index contributed by atoms with van der Waals surface area (Å²) in [5, 5.41) is 0.759. The Morgan fingerprint density at radius 2 is 2.00 bits per heavy atom. The second-order valence-electron chi connectivity index (χ2n) is 3.74. The van der Waals surface area contributed by atoms with Gasteiger partial charge in [-0.3, -0.25) is 0 Å². The number of rotatable bonds is 3. The molecule has 0 radical (unpaired) electrons. The van der Waals surface area contributed by atoms with Crippen molar-refractivity contribution in [2.24, 2.45) is 0 Å². The van der Waals surface area contributed by atoms with E-state index in [1.54, 1.807) is 37.3 Å². The molecule has 0 aliphatic carbocycles. The van der Waals surface area contributed by atoms with E-state index in [9.17, 15) is 4.39 Å². The molecule has 0 atom stereocenters. The van der Waals surface area contributed by atoms with Crippen molar-refractivity contribution in [3.63, 3.8) is 0 Å². The third kappa shape index (κ3) is 2.92. The van der Waals surface area contributed by atoms with E-state index >= 15 is 0 Å². The van der Waals surface area contributed by atoms with E-state index in [0.717, 1.165) is 0 Å². The Hall–Kier alpha value is -1.32. The lowest BCUT2D eigenvalue weighted by Crippen LogP contribution is -2.01. The minimum atomic E-state index is -0.379. The zero-order chi connectivity index (χ0) is 13.1. The molecule has 0 N–H and O–H groups in total. The smallest absolute Gasteiger partial charge is 0.167 e. The van der Waals surface area contributed by atoms with Gasteiger partial charge in [0.05, 0.1) is 10.7 Å². The van der Waals surface area contributed by atoms with Crippen LogP contribution in [0.25, 0.3) is 0 Å². The van der Waals surface area contributed by atoms with Crippen molar-refractivity contribution in [2.45, 2.75) is 13.5 Å². The van der Waals surface area contributed by atoms with E-state index in [-0.39, 0.29) is 18.2 Å². The second kappa shape index (κ2) is 5.55. The summed E-state index contributed by atoms with van der Waals surface area (Å²) < 4.78 is 19.0. The van der Waals surface area contributed by atoms with Crippen LogP contribution in [0.3, 0.4) is 0 Å². The lowest BCUT2D eigenvalue weighted by Gasteiger charge is -2.09. The number of hydrogen-bond donors (Lipinski definition) is 0. The van der Waals surface area contributed by atoms with Gasteiger partial charge in [-0.2, -0.15) is 0 Å². The molecule has 0 bridgehead atoms. The number of ether oxygens (including phenoxy) is 1. The molecular weight excluding hydrogens is 276 g/mol. The third-order valence-corrected chi connectivity index (χ3v) is 2.96. The molecule has 1 aromatic heterocycles. The van der Waals surface area contributed by atoms with Gasteiger partial charge in [0.2, 0.25) is 0 Å². The summed E-state index contributed by atoms with van der Waals surface area (Å²) in [7, 11) is 0. The minimum Gasteiger partial charge on any atom is -0.484 e. The molecule has 5 heteroatoms. The number of halogens is 3. The van der Waals surface area contributed by atoms with E-state index in [0.29, 0.717) is 21.4 Å². The van der Waals surface area contributed by atoms with Crippen LogP contribution in [0.2, 0.25) is 10.2 Å². The van der Waals surface area contributed by atoms with Crippen LogP contribution in [-0.4, -0.2) is 4.98 Å². The first-order valence-electron chi connectivity index (χ1n) is 5.27. The summed E-state index contributed by atoms with van der Waals surface area (Å²) in [4.78, 5) is 4.03. The van der Waals surface area contributed by atoms with Crippen LogP contribution in [-0.2, 0) is 6.61 Å². The molecule has 1 aromatic carbocycles. The van der Waals surface area contributed by atoms with E-state index in [2.05, 4.69) is 4.98 Å². The number of pyridine rings is 1. The molecule has 0 spiro atoms. The highest BCUT2D eigenvalue weighted by atomic mass is 35.5. The molecule has 2 rings (SSSR count). The van der Waals surface area contributed by atoms with Crippen LogP contribution >= 0.6 is 23.2 Å². The molecule has 0 aliphatic heterocycles. The van der Waals surface area contributed by atoms with Crippen molar-refractivity contribution in [1.82, 2.24) is 4.98 Å². The monoisotopic (exact) mass is 285 g/mol. The van der Waals surface area contributed by atoms with Crippen molar-refractivity contribution in [2.75, 3.05) is 0 Å². The average Bonchev–Trinajstić information content (AvgIpc) is 2.35. The van der Waals surface area contributed by atoms with Crippen molar-refractivity contribution in [1.29, 1.82) is 0 Å². The van der Waals surface area contributed by atoms with Gasteiger partial charge in [-0.1, -0.05) is 35.3 Å². The topological polar surface area (TPSA) is 22.1 Å². The van der Waals surface area contributed by atoms with E-state index in [1.165, 1.54) is 0 Å².